The summed E-state index contributed by atoms with van der Waals surface area (Å²) in [6, 6.07) is 16.0. The van der Waals surface area contributed by atoms with Gasteiger partial charge in [0.1, 0.15) is 0 Å². The van der Waals surface area contributed by atoms with Crippen molar-refractivity contribution in [1.29, 1.82) is 0 Å². The third kappa shape index (κ3) is 5.75. The van der Waals surface area contributed by atoms with Crippen molar-refractivity contribution in [2.75, 3.05) is 25.0 Å². The molecule has 4 heteroatoms. The maximum absolute atomic E-state index is 11.8. The van der Waals surface area contributed by atoms with Gasteiger partial charge < -0.3 is 15.7 Å². The molecule has 0 aromatic heterocycles. The fourth-order valence-electron chi connectivity index (χ4n) is 2.23. The molecule has 4 nitrogen and oxygen atoms in total. The van der Waals surface area contributed by atoms with Crippen LogP contribution in [0.15, 0.2) is 48.5 Å². The summed E-state index contributed by atoms with van der Waals surface area (Å²) < 4.78 is 0. The van der Waals surface area contributed by atoms with Crippen LogP contribution in [-0.4, -0.2) is 30.7 Å². The molecular formula is C19H24N2O2. The van der Waals surface area contributed by atoms with Crippen LogP contribution in [0.25, 0.3) is 0 Å². The maximum atomic E-state index is 11.8. The quantitative estimate of drug-likeness (QED) is 0.657. The van der Waals surface area contributed by atoms with E-state index in [-0.39, 0.29) is 12.5 Å². The van der Waals surface area contributed by atoms with Crippen molar-refractivity contribution >= 4 is 11.6 Å². The number of aryl methyl sites for hydroxylation is 1. The molecule has 0 fully saturated rings. The standard InChI is InChI=1S/C19H24N2O2/c1-15-3-5-16(6-4-15)11-13-20-18-9-7-17(8-10-18)19(23)21-12-2-14-22/h3-10,20,22H,2,11-14H2,1H3,(H,21,23). The third-order valence-electron chi connectivity index (χ3n) is 3.63. The Morgan fingerprint density at radius 1 is 1.00 bits per heavy atom. The first-order valence-electron chi connectivity index (χ1n) is 7.97. The lowest BCUT2D eigenvalue weighted by atomic mass is 10.1. The predicted molar refractivity (Wildman–Crippen MR) is 93.9 cm³/mol. The summed E-state index contributed by atoms with van der Waals surface area (Å²) in [5.74, 6) is -0.107. The van der Waals surface area contributed by atoms with Crippen LogP contribution in [0.4, 0.5) is 5.69 Å². The van der Waals surface area contributed by atoms with Gasteiger partial charge in [0, 0.05) is 30.9 Å². The average molecular weight is 312 g/mol. The van der Waals surface area contributed by atoms with Gasteiger partial charge in [0.15, 0.2) is 0 Å². The number of anilines is 1. The Hall–Kier alpha value is -2.33. The molecule has 0 heterocycles. The Balaban J connectivity index is 1.78. The molecule has 0 aliphatic heterocycles. The van der Waals surface area contributed by atoms with Crippen LogP contribution in [0.1, 0.15) is 27.9 Å². The number of hydrogen-bond donors (Lipinski definition) is 3. The molecule has 23 heavy (non-hydrogen) atoms. The highest BCUT2D eigenvalue weighted by molar-refractivity contribution is 5.94. The molecule has 3 N–H and O–H groups in total. The van der Waals surface area contributed by atoms with Gasteiger partial charge in [0.25, 0.3) is 5.91 Å². The fourth-order valence-corrected chi connectivity index (χ4v) is 2.23. The van der Waals surface area contributed by atoms with Gasteiger partial charge in [-0.25, -0.2) is 0 Å². The zero-order valence-electron chi connectivity index (χ0n) is 13.5. The molecule has 0 aliphatic rings. The summed E-state index contributed by atoms with van der Waals surface area (Å²) >= 11 is 0. The van der Waals surface area contributed by atoms with E-state index in [4.69, 9.17) is 5.11 Å². The molecule has 1 amide bonds. The number of aliphatic hydroxyl groups is 1. The van der Waals surface area contributed by atoms with Gasteiger partial charge in [-0.3, -0.25) is 4.79 Å². The van der Waals surface area contributed by atoms with E-state index in [0.717, 1.165) is 18.7 Å². The number of rotatable bonds is 8. The average Bonchev–Trinajstić information content (AvgIpc) is 2.57. The summed E-state index contributed by atoms with van der Waals surface area (Å²) in [4.78, 5) is 11.8. The zero-order chi connectivity index (χ0) is 16.5. The molecular weight excluding hydrogens is 288 g/mol. The predicted octanol–water partition coefficient (Wildman–Crippen LogP) is 2.76. The molecule has 0 radical (unpaired) electrons. The van der Waals surface area contributed by atoms with Crippen molar-refractivity contribution in [3.05, 3.63) is 65.2 Å². The van der Waals surface area contributed by atoms with E-state index in [9.17, 15) is 4.79 Å². The second-order valence-corrected chi connectivity index (χ2v) is 5.57. The minimum atomic E-state index is -0.107. The summed E-state index contributed by atoms with van der Waals surface area (Å²) in [6.45, 7) is 3.52. The lowest BCUT2D eigenvalue weighted by Gasteiger charge is -2.08. The van der Waals surface area contributed by atoms with E-state index >= 15 is 0 Å². The molecule has 122 valence electrons. The van der Waals surface area contributed by atoms with Gasteiger partial charge in [-0.2, -0.15) is 0 Å². The lowest BCUT2D eigenvalue weighted by Crippen LogP contribution is -2.24. The van der Waals surface area contributed by atoms with Crippen LogP contribution < -0.4 is 10.6 Å². The molecule has 0 aliphatic carbocycles. The van der Waals surface area contributed by atoms with Gasteiger partial charge in [0.05, 0.1) is 0 Å². The van der Waals surface area contributed by atoms with Crippen molar-refractivity contribution in [2.45, 2.75) is 19.8 Å². The van der Waals surface area contributed by atoms with Crippen LogP contribution in [0.5, 0.6) is 0 Å². The summed E-state index contributed by atoms with van der Waals surface area (Å²) in [5.41, 5.74) is 4.22. The van der Waals surface area contributed by atoms with Gasteiger partial charge in [-0.05, 0) is 49.6 Å². The Morgan fingerprint density at radius 2 is 1.70 bits per heavy atom. The second kappa shape index (κ2) is 8.96. The van der Waals surface area contributed by atoms with Crippen molar-refractivity contribution in [3.63, 3.8) is 0 Å². The monoisotopic (exact) mass is 312 g/mol. The van der Waals surface area contributed by atoms with Crippen LogP contribution >= 0.6 is 0 Å². The van der Waals surface area contributed by atoms with E-state index < -0.39 is 0 Å². The first kappa shape index (κ1) is 17.0. The maximum Gasteiger partial charge on any atom is 0.251 e. The van der Waals surface area contributed by atoms with Gasteiger partial charge in [0.2, 0.25) is 0 Å². The first-order chi connectivity index (χ1) is 11.2. The van der Waals surface area contributed by atoms with Crippen molar-refractivity contribution in [3.8, 4) is 0 Å². The van der Waals surface area contributed by atoms with Gasteiger partial charge >= 0.3 is 0 Å². The van der Waals surface area contributed by atoms with Crippen LogP contribution in [0.3, 0.4) is 0 Å². The molecule has 0 saturated heterocycles. The Labute approximate surface area is 137 Å². The molecule has 0 bridgehead atoms. The van der Waals surface area contributed by atoms with E-state index in [1.165, 1.54) is 11.1 Å². The molecule has 0 unspecified atom stereocenters. The van der Waals surface area contributed by atoms with Crippen molar-refractivity contribution < 1.29 is 9.90 Å². The minimum Gasteiger partial charge on any atom is -0.396 e. The summed E-state index contributed by atoms with van der Waals surface area (Å²) in [5, 5.41) is 14.8. The number of carbonyl (C=O) groups excluding carboxylic acids is 1. The minimum absolute atomic E-state index is 0.0874. The SMILES string of the molecule is Cc1ccc(CCNc2ccc(C(=O)NCCCO)cc2)cc1. The lowest BCUT2D eigenvalue weighted by molar-refractivity contribution is 0.0951. The van der Waals surface area contributed by atoms with E-state index in [1.54, 1.807) is 0 Å². The number of benzene rings is 2. The highest BCUT2D eigenvalue weighted by atomic mass is 16.3. The topological polar surface area (TPSA) is 61.4 Å². The molecule has 2 aromatic rings. The van der Waals surface area contributed by atoms with E-state index in [0.29, 0.717) is 18.5 Å². The Morgan fingerprint density at radius 3 is 2.35 bits per heavy atom. The van der Waals surface area contributed by atoms with E-state index in [1.807, 2.05) is 24.3 Å². The van der Waals surface area contributed by atoms with Gasteiger partial charge in [-0.1, -0.05) is 29.8 Å². The summed E-state index contributed by atoms with van der Waals surface area (Å²) in [7, 11) is 0. The highest BCUT2D eigenvalue weighted by Crippen LogP contribution is 2.10. The smallest absolute Gasteiger partial charge is 0.251 e. The third-order valence-corrected chi connectivity index (χ3v) is 3.63. The molecule has 2 rings (SSSR count). The number of nitrogens with one attached hydrogen (secondary N) is 2. The molecule has 0 spiro atoms. The fraction of sp³-hybridized carbons (Fsp3) is 0.316. The Kier molecular flexibility index (Phi) is 6.63. The van der Waals surface area contributed by atoms with Crippen LogP contribution in [0, 0.1) is 6.92 Å². The number of amides is 1. The Bertz CT molecular complexity index is 606. The largest absolute Gasteiger partial charge is 0.396 e. The van der Waals surface area contributed by atoms with Crippen molar-refractivity contribution in [1.82, 2.24) is 5.32 Å². The molecule has 0 saturated carbocycles. The zero-order valence-corrected chi connectivity index (χ0v) is 13.5. The molecule has 2 aromatic carbocycles. The normalized spacial score (nSPS) is 10.3. The van der Waals surface area contributed by atoms with Crippen LogP contribution in [-0.2, 0) is 6.42 Å². The van der Waals surface area contributed by atoms with Gasteiger partial charge in [-0.15, -0.1) is 0 Å². The van der Waals surface area contributed by atoms with Crippen LogP contribution in [0.2, 0.25) is 0 Å². The number of aliphatic hydroxyl groups excluding tert-OH is 1. The number of hydrogen-bond acceptors (Lipinski definition) is 3. The van der Waals surface area contributed by atoms with E-state index in [2.05, 4.69) is 41.8 Å². The summed E-state index contributed by atoms with van der Waals surface area (Å²) in [6.07, 6.45) is 1.54. The highest BCUT2D eigenvalue weighted by Gasteiger charge is 2.04. The van der Waals surface area contributed by atoms with Crippen molar-refractivity contribution in [2.24, 2.45) is 0 Å². The number of carbonyl (C=O) groups is 1. The first-order valence-corrected chi connectivity index (χ1v) is 7.97. The molecule has 0 atom stereocenters. The second-order valence-electron chi connectivity index (χ2n) is 5.57.